The number of carbonyl (C=O) groups excluding carboxylic acids is 2. The van der Waals surface area contributed by atoms with Gasteiger partial charge in [-0.15, -0.1) is 0 Å². The fourth-order valence-corrected chi connectivity index (χ4v) is 2.43. The average Bonchev–Trinajstić information content (AvgIpc) is 2.56. The van der Waals surface area contributed by atoms with Gasteiger partial charge in [0, 0.05) is 26.1 Å². The van der Waals surface area contributed by atoms with Crippen molar-refractivity contribution < 1.29 is 9.59 Å². The van der Waals surface area contributed by atoms with Gasteiger partial charge >= 0.3 is 0 Å². The molecule has 2 aromatic rings. The third-order valence-electron chi connectivity index (χ3n) is 3.36. The smallest absolute Gasteiger partial charge is 0.226 e. The third-order valence-corrected chi connectivity index (χ3v) is 4.18. The normalized spacial score (nSPS) is 10.3. The van der Waals surface area contributed by atoms with Gasteiger partial charge in [-0.1, -0.05) is 35.3 Å². The first-order valence-corrected chi connectivity index (χ1v) is 8.12. The van der Waals surface area contributed by atoms with Crippen LogP contribution in [0.15, 0.2) is 42.6 Å². The molecule has 7 heteroatoms. The molecule has 2 amide bonds. The standard InChI is InChI=1S/C17H17Cl2N3O2/c1-12(23)22(11-13-5-2-3-9-20-13)10-8-16(24)21-15-7-4-6-14(18)17(15)19/h2-7,9H,8,10-11H2,1H3,(H,21,24). The molecule has 0 aliphatic heterocycles. The molecule has 1 heterocycles. The first kappa shape index (κ1) is 18.2. The van der Waals surface area contributed by atoms with Crippen molar-refractivity contribution >= 4 is 40.7 Å². The number of anilines is 1. The number of nitrogens with one attached hydrogen (secondary N) is 1. The molecule has 0 aliphatic carbocycles. The van der Waals surface area contributed by atoms with Crippen LogP contribution in [0.25, 0.3) is 0 Å². The van der Waals surface area contributed by atoms with Crippen molar-refractivity contribution in [1.29, 1.82) is 0 Å². The monoisotopic (exact) mass is 365 g/mol. The van der Waals surface area contributed by atoms with Crippen LogP contribution in [0.3, 0.4) is 0 Å². The van der Waals surface area contributed by atoms with Crippen LogP contribution in [-0.2, 0) is 16.1 Å². The summed E-state index contributed by atoms with van der Waals surface area (Å²) in [7, 11) is 0. The van der Waals surface area contributed by atoms with E-state index in [1.165, 1.54) is 6.92 Å². The van der Waals surface area contributed by atoms with Crippen molar-refractivity contribution in [3.8, 4) is 0 Å². The largest absolute Gasteiger partial charge is 0.337 e. The predicted molar refractivity (Wildman–Crippen MR) is 95.0 cm³/mol. The molecule has 0 unspecified atom stereocenters. The summed E-state index contributed by atoms with van der Waals surface area (Å²) >= 11 is 12.0. The third kappa shape index (κ3) is 5.22. The van der Waals surface area contributed by atoms with Crippen LogP contribution < -0.4 is 5.32 Å². The fourth-order valence-electron chi connectivity index (χ4n) is 2.08. The summed E-state index contributed by atoms with van der Waals surface area (Å²) in [6.45, 7) is 2.12. The number of aromatic nitrogens is 1. The van der Waals surface area contributed by atoms with E-state index in [-0.39, 0.29) is 24.8 Å². The van der Waals surface area contributed by atoms with E-state index in [4.69, 9.17) is 23.2 Å². The van der Waals surface area contributed by atoms with Crippen molar-refractivity contribution in [2.45, 2.75) is 19.9 Å². The van der Waals surface area contributed by atoms with Crippen LogP contribution in [0, 0.1) is 0 Å². The summed E-state index contributed by atoms with van der Waals surface area (Å²) < 4.78 is 0. The van der Waals surface area contributed by atoms with Crippen molar-refractivity contribution in [2.75, 3.05) is 11.9 Å². The molecular formula is C17H17Cl2N3O2. The molecule has 1 N–H and O–H groups in total. The topological polar surface area (TPSA) is 62.3 Å². The van der Waals surface area contributed by atoms with Crippen LogP contribution in [0.1, 0.15) is 19.0 Å². The SMILES string of the molecule is CC(=O)N(CCC(=O)Nc1cccc(Cl)c1Cl)Cc1ccccn1. The minimum atomic E-state index is -0.244. The molecule has 5 nitrogen and oxygen atoms in total. The first-order chi connectivity index (χ1) is 11.5. The molecule has 1 aromatic heterocycles. The van der Waals surface area contributed by atoms with Crippen LogP contribution in [-0.4, -0.2) is 28.2 Å². The van der Waals surface area contributed by atoms with Crippen molar-refractivity contribution in [1.82, 2.24) is 9.88 Å². The Balaban J connectivity index is 1.93. The van der Waals surface area contributed by atoms with Crippen molar-refractivity contribution in [3.05, 3.63) is 58.3 Å². The van der Waals surface area contributed by atoms with Crippen LogP contribution in [0.2, 0.25) is 10.0 Å². The van der Waals surface area contributed by atoms with Crippen LogP contribution in [0.4, 0.5) is 5.69 Å². The van der Waals surface area contributed by atoms with Crippen molar-refractivity contribution in [3.63, 3.8) is 0 Å². The number of halogens is 2. The number of amides is 2. The second kappa shape index (κ2) is 8.66. The fraction of sp³-hybridized carbons (Fsp3) is 0.235. The van der Waals surface area contributed by atoms with E-state index in [0.29, 0.717) is 22.3 Å². The van der Waals surface area contributed by atoms with Gasteiger partial charge in [0.25, 0.3) is 0 Å². The lowest BCUT2D eigenvalue weighted by molar-refractivity contribution is -0.130. The highest BCUT2D eigenvalue weighted by Crippen LogP contribution is 2.29. The molecule has 1 aromatic carbocycles. The maximum absolute atomic E-state index is 12.1. The second-order valence-corrected chi connectivity index (χ2v) is 5.95. The Hall–Kier alpha value is -2.11. The zero-order chi connectivity index (χ0) is 17.5. The molecular weight excluding hydrogens is 349 g/mol. The number of pyridine rings is 1. The summed E-state index contributed by atoms with van der Waals surface area (Å²) in [4.78, 5) is 29.6. The number of hydrogen-bond donors (Lipinski definition) is 1. The van der Waals surface area contributed by atoms with E-state index in [1.54, 1.807) is 29.3 Å². The van der Waals surface area contributed by atoms with Gasteiger partial charge in [-0.3, -0.25) is 14.6 Å². The summed E-state index contributed by atoms with van der Waals surface area (Å²) in [5.74, 6) is -0.360. The minimum Gasteiger partial charge on any atom is -0.337 e. The maximum Gasteiger partial charge on any atom is 0.226 e. The van der Waals surface area contributed by atoms with Crippen molar-refractivity contribution in [2.24, 2.45) is 0 Å². The molecule has 0 aliphatic rings. The van der Waals surface area contributed by atoms with Gasteiger partial charge in [-0.25, -0.2) is 0 Å². The van der Waals surface area contributed by atoms with Gasteiger partial charge in [0.1, 0.15) is 0 Å². The van der Waals surface area contributed by atoms with Gasteiger partial charge < -0.3 is 10.2 Å². The lowest BCUT2D eigenvalue weighted by Gasteiger charge is -2.20. The zero-order valence-corrected chi connectivity index (χ0v) is 14.6. The molecule has 0 fully saturated rings. The molecule has 0 saturated heterocycles. The molecule has 24 heavy (non-hydrogen) atoms. The quantitative estimate of drug-likeness (QED) is 0.847. The molecule has 0 radical (unpaired) electrons. The lowest BCUT2D eigenvalue weighted by Crippen LogP contribution is -2.31. The van der Waals surface area contributed by atoms with E-state index < -0.39 is 0 Å². The molecule has 126 valence electrons. The summed E-state index contributed by atoms with van der Waals surface area (Å²) in [5, 5.41) is 3.37. The Morgan fingerprint density at radius 2 is 1.96 bits per heavy atom. The first-order valence-electron chi connectivity index (χ1n) is 7.36. The molecule has 0 atom stereocenters. The number of benzene rings is 1. The zero-order valence-electron chi connectivity index (χ0n) is 13.1. The molecule has 2 rings (SSSR count). The molecule has 0 saturated carbocycles. The van der Waals surface area contributed by atoms with E-state index >= 15 is 0 Å². The summed E-state index contributed by atoms with van der Waals surface area (Å²) in [6.07, 6.45) is 1.82. The Bertz CT molecular complexity index is 723. The van der Waals surface area contributed by atoms with Crippen LogP contribution in [0.5, 0.6) is 0 Å². The van der Waals surface area contributed by atoms with E-state index in [0.717, 1.165) is 5.69 Å². The number of rotatable bonds is 6. The second-order valence-electron chi connectivity index (χ2n) is 5.16. The number of nitrogens with zero attached hydrogens (tertiary/aromatic N) is 2. The highest BCUT2D eigenvalue weighted by atomic mass is 35.5. The Morgan fingerprint density at radius 3 is 2.62 bits per heavy atom. The van der Waals surface area contributed by atoms with E-state index in [1.807, 2.05) is 18.2 Å². The highest BCUT2D eigenvalue weighted by Gasteiger charge is 2.13. The Labute approximate surface area is 150 Å². The van der Waals surface area contributed by atoms with E-state index in [9.17, 15) is 9.59 Å². The summed E-state index contributed by atoms with van der Waals surface area (Å²) in [6, 6.07) is 10.5. The van der Waals surface area contributed by atoms with Gasteiger partial charge in [0.05, 0.1) is 28.0 Å². The highest BCUT2D eigenvalue weighted by molar-refractivity contribution is 6.43. The van der Waals surface area contributed by atoms with Crippen LogP contribution >= 0.6 is 23.2 Å². The number of carbonyl (C=O) groups is 2. The van der Waals surface area contributed by atoms with Gasteiger partial charge in [-0.2, -0.15) is 0 Å². The number of hydrogen-bond acceptors (Lipinski definition) is 3. The predicted octanol–water partition coefficient (Wildman–Crippen LogP) is 3.77. The molecule has 0 bridgehead atoms. The minimum absolute atomic E-state index is 0.116. The Morgan fingerprint density at radius 1 is 1.17 bits per heavy atom. The van der Waals surface area contributed by atoms with E-state index in [2.05, 4.69) is 10.3 Å². The Kier molecular flexibility index (Phi) is 6.58. The summed E-state index contributed by atoms with van der Waals surface area (Å²) in [5.41, 5.74) is 1.22. The lowest BCUT2D eigenvalue weighted by atomic mass is 10.2. The molecule has 0 spiro atoms. The van der Waals surface area contributed by atoms with Gasteiger partial charge in [-0.05, 0) is 24.3 Å². The van der Waals surface area contributed by atoms with Gasteiger partial charge in [0.15, 0.2) is 0 Å². The maximum atomic E-state index is 12.1. The van der Waals surface area contributed by atoms with Gasteiger partial charge in [0.2, 0.25) is 11.8 Å². The average molecular weight is 366 g/mol.